The van der Waals surface area contributed by atoms with Gasteiger partial charge in [-0.1, -0.05) is 36.7 Å². The maximum absolute atomic E-state index is 13.7. The number of amides is 1. The molecule has 4 atom stereocenters. The van der Waals surface area contributed by atoms with Gasteiger partial charge in [-0.05, 0) is 86.4 Å². The van der Waals surface area contributed by atoms with Gasteiger partial charge in [0.05, 0.1) is 17.6 Å². The maximum atomic E-state index is 13.7. The van der Waals surface area contributed by atoms with Crippen molar-refractivity contribution in [3.63, 3.8) is 0 Å². The Balaban J connectivity index is 1.33. The first-order valence-corrected chi connectivity index (χ1v) is 14.8. The van der Waals surface area contributed by atoms with E-state index in [1.165, 1.54) is 18.4 Å². The van der Waals surface area contributed by atoms with Crippen LogP contribution in [0, 0.1) is 5.92 Å². The lowest BCUT2D eigenvalue weighted by Crippen LogP contribution is -2.81. The minimum atomic E-state index is -0.599. The van der Waals surface area contributed by atoms with Crippen LogP contribution in [0.1, 0.15) is 62.1 Å². The maximum Gasteiger partial charge on any atom is 0.244 e. The number of halogens is 1. The molecule has 1 N–H and O–H groups in total. The van der Waals surface area contributed by atoms with Crippen LogP contribution in [0.5, 0.6) is 11.5 Å². The molecule has 39 heavy (non-hydrogen) atoms. The van der Waals surface area contributed by atoms with E-state index in [1.807, 2.05) is 36.4 Å². The van der Waals surface area contributed by atoms with Crippen LogP contribution in [-0.2, 0) is 21.4 Å². The van der Waals surface area contributed by atoms with Crippen LogP contribution in [0.25, 0.3) is 6.08 Å². The zero-order chi connectivity index (χ0) is 26.8. The second kappa shape index (κ2) is 9.38. The minimum Gasteiger partial charge on any atom is -0.490 e. The van der Waals surface area contributed by atoms with Gasteiger partial charge in [0.1, 0.15) is 0 Å². The number of carbonyl (C=O) groups excluding carboxylic acids is 2. The smallest absolute Gasteiger partial charge is 0.244 e. The Labute approximate surface area is 234 Å². The van der Waals surface area contributed by atoms with E-state index in [2.05, 4.69) is 23.2 Å². The van der Waals surface area contributed by atoms with Gasteiger partial charge in [-0.25, -0.2) is 0 Å². The van der Waals surface area contributed by atoms with Crippen molar-refractivity contribution in [3.8, 4) is 11.5 Å². The fraction of sp³-hybridized carbons (Fsp3) is 0.500. The fourth-order valence-corrected chi connectivity index (χ4v) is 8.01. The van der Waals surface area contributed by atoms with Crippen LogP contribution in [0.4, 0.5) is 0 Å². The average Bonchev–Trinajstić information content (AvgIpc) is 3.68. The van der Waals surface area contributed by atoms with Crippen molar-refractivity contribution in [1.29, 1.82) is 0 Å². The molecule has 7 rings (SSSR count). The summed E-state index contributed by atoms with van der Waals surface area (Å²) in [5, 5.41) is 4.22. The highest BCUT2D eigenvalue weighted by atomic mass is 35.5. The molecule has 1 spiro atoms. The van der Waals surface area contributed by atoms with Gasteiger partial charge in [0.2, 0.25) is 5.91 Å². The molecule has 0 aromatic heterocycles. The average molecular weight is 547 g/mol. The first kappa shape index (κ1) is 25.2. The molecule has 6 nitrogen and oxygen atoms in total. The zero-order valence-electron chi connectivity index (χ0n) is 22.4. The predicted molar refractivity (Wildman–Crippen MR) is 150 cm³/mol. The number of Topliss-reactive ketones (excluding diaryl/α,β-unsaturated/α-hetero) is 1. The lowest BCUT2D eigenvalue weighted by molar-refractivity contribution is -0.148. The molecule has 2 aromatic carbocycles. The molecule has 3 fully saturated rings. The van der Waals surface area contributed by atoms with E-state index in [-0.39, 0.29) is 17.7 Å². The first-order valence-electron chi connectivity index (χ1n) is 14.4. The molecule has 1 amide bonds. The Hall–Kier alpha value is -2.83. The summed E-state index contributed by atoms with van der Waals surface area (Å²) in [6, 6.07) is 11.7. The summed E-state index contributed by atoms with van der Waals surface area (Å²) in [5.74, 6) is 2.18. The monoisotopic (exact) mass is 546 g/mol. The predicted octanol–water partition coefficient (Wildman–Crippen LogP) is 5.10. The van der Waals surface area contributed by atoms with Gasteiger partial charge in [0.25, 0.3) is 0 Å². The highest BCUT2D eigenvalue weighted by Crippen LogP contribution is 2.65. The third-order valence-corrected chi connectivity index (χ3v) is 9.95. The van der Waals surface area contributed by atoms with Crippen LogP contribution in [-0.4, -0.2) is 54.0 Å². The van der Waals surface area contributed by atoms with E-state index in [9.17, 15) is 9.59 Å². The highest BCUT2D eigenvalue weighted by molar-refractivity contribution is 6.30. The third-order valence-electron chi connectivity index (χ3n) is 9.70. The van der Waals surface area contributed by atoms with E-state index >= 15 is 0 Å². The number of hydrogen-bond donors (Lipinski definition) is 1. The largest absolute Gasteiger partial charge is 0.490 e. The third kappa shape index (κ3) is 3.86. The van der Waals surface area contributed by atoms with Crippen molar-refractivity contribution >= 4 is 29.4 Å². The van der Waals surface area contributed by atoms with Gasteiger partial charge in [-0.3, -0.25) is 14.5 Å². The Kier molecular flexibility index (Phi) is 6.05. The Bertz CT molecular complexity index is 1350. The molecule has 1 saturated heterocycles. The lowest BCUT2D eigenvalue weighted by Gasteiger charge is -2.65. The van der Waals surface area contributed by atoms with E-state index in [1.54, 1.807) is 6.08 Å². The first-order chi connectivity index (χ1) is 18.9. The summed E-state index contributed by atoms with van der Waals surface area (Å²) in [6.07, 6.45) is 8.93. The number of nitrogens with zero attached hydrogens (tertiary/aromatic N) is 1. The van der Waals surface area contributed by atoms with Crippen molar-refractivity contribution in [2.45, 2.75) is 75.0 Å². The van der Waals surface area contributed by atoms with Gasteiger partial charge in [-0.15, -0.1) is 0 Å². The number of carbonyl (C=O) groups is 2. The summed E-state index contributed by atoms with van der Waals surface area (Å²) in [5.41, 5.74) is 2.07. The molecule has 5 aliphatic rings. The van der Waals surface area contributed by atoms with Crippen molar-refractivity contribution in [2.75, 3.05) is 19.7 Å². The Morgan fingerprint density at radius 1 is 1.21 bits per heavy atom. The van der Waals surface area contributed by atoms with Gasteiger partial charge in [0.15, 0.2) is 23.4 Å². The minimum absolute atomic E-state index is 0.111. The zero-order valence-corrected chi connectivity index (χ0v) is 23.1. The molecule has 2 aliphatic heterocycles. The Morgan fingerprint density at radius 2 is 2.03 bits per heavy atom. The number of rotatable bonds is 8. The van der Waals surface area contributed by atoms with Crippen LogP contribution < -0.4 is 14.8 Å². The van der Waals surface area contributed by atoms with Crippen molar-refractivity contribution in [1.82, 2.24) is 10.2 Å². The molecule has 2 aromatic rings. The fourth-order valence-electron chi connectivity index (χ4n) is 7.89. The van der Waals surface area contributed by atoms with E-state index < -0.39 is 17.1 Å². The topological polar surface area (TPSA) is 67.9 Å². The van der Waals surface area contributed by atoms with Crippen LogP contribution in [0.15, 0.2) is 42.5 Å². The molecule has 2 bridgehead atoms. The number of piperidine rings is 1. The van der Waals surface area contributed by atoms with Crippen LogP contribution in [0.2, 0.25) is 5.02 Å². The van der Waals surface area contributed by atoms with Gasteiger partial charge >= 0.3 is 0 Å². The summed E-state index contributed by atoms with van der Waals surface area (Å²) in [6.45, 7) is 4.64. The van der Waals surface area contributed by atoms with Gasteiger partial charge in [-0.2, -0.15) is 0 Å². The van der Waals surface area contributed by atoms with Crippen LogP contribution in [0.3, 0.4) is 0 Å². The molecular formula is C32H35ClN2O4. The second-order valence-electron chi connectivity index (χ2n) is 12.0. The number of likely N-dealkylation sites (tertiary alicyclic amines) is 1. The number of nitrogens with one attached hydrogen (secondary N) is 1. The molecule has 3 aliphatic carbocycles. The number of ether oxygens (including phenoxy) is 2. The quantitative estimate of drug-likeness (QED) is 0.467. The van der Waals surface area contributed by atoms with Crippen molar-refractivity contribution in [3.05, 3.63) is 64.2 Å². The van der Waals surface area contributed by atoms with E-state index in [4.69, 9.17) is 21.1 Å². The molecule has 0 unspecified atom stereocenters. The molecular weight excluding hydrogens is 512 g/mol. The van der Waals surface area contributed by atoms with Gasteiger partial charge < -0.3 is 14.8 Å². The molecule has 204 valence electrons. The standard InChI is InChI=1S/C32H35ClN2O4/c1-2-17-38-25-11-8-22-18-26-32(34-27(37)12-7-20-5-9-23(33)10-6-20)14-13-24(36)30-31(32,28(22)29(25)39-30)15-16-35(26)19-21-3-4-21/h5-12,21,26,30H,2-4,13-19H2,1H3,(H,34,37)/b12-7+/t26-,30+,31+,32-/m1/s1. The summed E-state index contributed by atoms with van der Waals surface area (Å²) in [7, 11) is 0. The summed E-state index contributed by atoms with van der Waals surface area (Å²) >= 11 is 6.04. The van der Waals surface area contributed by atoms with Gasteiger partial charge in [0, 0.05) is 35.7 Å². The SMILES string of the molecule is CCCOc1ccc2c3c1O[C@H]1C(=O)CC[C@@]4(NC(=O)/C=C/c5ccc(Cl)cc5)[C@@H](C2)N(CC2CC2)CC[C@]314. The van der Waals surface area contributed by atoms with Crippen molar-refractivity contribution in [2.24, 2.45) is 5.92 Å². The number of benzene rings is 2. The summed E-state index contributed by atoms with van der Waals surface area (Å²) in [4.78, 5) is 29.9. The van der Waals surface area contributed by atoms with E-state index in [0.29, 0.717) is 30.2 Å². The van der Waals surface area contributed by atoms with Crippen LogP contribution >= 0.6 is 11.6 Å². The normalized spacial score (nSPS) is 30.7. The van der Waals surface area contributed by atoms with Crippen molar-refractivity contribution < 1.29 is 19.1 Å². The number of ketones is 1. The molecule has 7 heteroatoms. The molecule has 2 heterocycles. The number of hydrogen-bond acceptors (Lipinski definition) is 5. The second-order valence-corrected chi connectivity index (χ2v) is 12.4. The molecule has 0 radical (unpaired) electrons. The Morgan fingerprint density at radius 3 is 2.79 bits per heavy atom. The lowest BCUT2D eigenvalue weighted by atomic mass is 9.47. The molecule has 2 saturated carbocycles. The summed E-state index contributed by atoms with van der Waals surface area (Å²) < 4.78 is 12.7. The van der Waals surface area contributed by atoms with E-state index in [0.717, 1.165) is 55.1 Å². The highest BCUT2D eigenvalue weighted by Gasteiger charge is 2.74.